The average Bonchev–Trinajstić information content (AvgIpc) is 1.36. The van der Waals surface area contributed by atoms with Gasteiger partial charge in [-0.25, -0.2) is 0 Å². The van der Waals surface area contributed by atoms with E-state index in [0.29, 0.717) is 0 Å². The van der Waals surface area contributed by atoms with Crippen molar-refractivity contribution in [3.05, 3.63) is 151 Å². The minimum absolute atomic E-state index is 0.108. The molecule has 0 heteroatoms. The van der Waals surface area contributed by atoms with Crippen LogP contribution in [-0.2, 0) is 0 Å². The Morgan fingerprint density at radius 2 is 0.417 bits per heavy atom. The van der Waals surface area contributed by atoms with E-state index in [1.165, 1.54) is 321 Å². The first-order chi connectivity index (χ1) is 41.7. The summed E-state index contributed by atoms with van der Waals surface area (Å²) in [5.74, 6) is 0. The molecule has 3 fully saturated rings. The quantitative estimate of drug-likeness (QED) is 0.135. The van der Waals surface area contributed by atoms with Crippen molar-refractivity contribution < 1.29 is 0 Å². The molecule has 448 valence electrons. The molecule has 0 aliphatic heterocycles. The number of allylic oxidation sites excluding steroid dienone is 26. The average molecular weight is 1120 g/mol. The molecule has 0 radical (unpaired) electrons. The van der Waals surface area contributed by atoms with Crippen LogP contribution in [0.2, 0.25) is 0 Å². The summed E-state index contributed by atoms with van der Waals surface area (Å²) in [6, 6.07) is 0. The first-order valence-electron chi connectivity index (χ1n) is 37.8. The molecule has 0 amide bonds. The van der Waals surface area contributed by atoms with E-state index in [0.717, 1.165) is 0 Å². The van der Waals surface area contributed by atoms with E-state index < -0.39 is 0 Å². The van der Waals surface area contributed by atoms with Crippen LogP contribution in [0.3, 0.4) is 0 Å². The minimum atomic E-state index is -0.142. The molecule has 6 atom stereocenters. The van der Waals surface area contributed by atoms with Crippen molar-refractivity contribution in [3.63, 3.8) is 0 Å². The molecular weight excluding hydrogens is 1010 g/mol. The monoisotopic (exact) mass is 1120 g/mol. The summed E-state index contributed by atoms with van der Waals surface area (Å²) in [5, 5.41) is 0. The zero-order valence-corrected chi connectivity index (χ0v) is 53.3. The van der Waals surface area contributed by atoms with Gasteiger partial charge in [-0.1, -0.05) is 129 Å². The second kappa shape index (κ2) is 22.3. The van der Waals surface area contributed by atoms with Gasteiger partial charge in [0.25, 0.3) is 0 Å². The number of hydrogen-bond donors (Lipinski definition) is 0. The van der Waals surface area contributed by atoms with Gasteiger partial charge in [-0.15, -0.1) is 0 Å². The molecule has 0 aromatic carbocycles. The summed E-state index contributed by atoms with van der Waals surface area (Å²) in [5.41, 5.74) is 27.3. The molecule has 4 bridgehead atoms. The standard InChI is InChI=1S/C84H112/c1-13-37-63(38-14-1)75-76(64-39-15-2-16-40-64)78(66-43-19-4-20-44-66)61-77(75,65-41-17-3-18-42-65)83(73-57-33-11-34-58-73)79(67-45-21-5-22-46-67)62-80(68-47-23-6-24-48-68,84(78,83)74-59-35-12-36-60-74)82(71-53-29-9-30-54-71,72-55-31-10-32-56-72)81(79,69-49-25-7-26-50-69)70-51-27-8-28-52-70/h37,39,41,43,45,47,49,51,53,55,57,59H,1-36,38,40,42,44,46,48,50,52,54,56,58,60-62H2. The van der Waals surface area contributed by atoms with Crippen LogP contribution in [-0.4, -0.2) is 0 Å². The van der Waals surface area contributed by atoms with Crippen LogP contribution in [0.25, 0.3) is 0 Å². The van der Waals surface area contributed by atoms with Gasteiger partial charge in [0.05, 0.1) is 0 Å². The molecule has 16 aliphatic rings. The largest absolute Gasteiger partial charge is 0.0847 e. The van der Waals surface area contributed by atoms with Gasteiger partial charge in [0.15, 0.2) is 0 Å². The third kappa shape index (κ3) is 6.97. The summed E-state index contributed by atoms with van der Waals surface area (Å²) >= 11 is 0. The topological polar surface area (TPSA) is 0 Å². The smallest absolute Gasteiger partial charge is 0.0363 e. The molecule has 16 rings (SSSR count). The molecule has 84 heavy (non-hydrogen) atoms. The van der Waals surface area contributed by atoms with Crippen LogP contribution in [0.15, 0.2) is 151 Å². The van der Waals surface area contributed by atoms with Gasteiger partial charge >= 0.3 is 0 Å². The highest BCUT2D eigenvalue weighted by Gasteiger charge is 3.05. The lowest BCUT2D eigenvalue weighted by molar-refractivity contribution is -0.190. The third-order valence-corrected chi connectivity index (χ3v) is 28.3. The van der Waals surface area contributed by atoms with Crippen LogP contribution in [0.1, 0.15) is 321 Å². The van der Waals surface area contributed by atoms with Crippen LogP contribution >= 0.6 is 0 Å². The molecule has 3 saturated carbocycles. The molecular formula is C84H112. The maximum Gasteiger partial charge on any atom is 0.0363 e. The highest BCUT2D eigenvalue weighted by atomic mass is 15.1. The number of hydrogen-bond acceptors (Lipinski definition) is 0. The molecule has 0 aromatic heterocycles. The minimum Gasteiger partial charge on any atom is -0.0847 e. The van der Waals surface area contributed by atoms with Gasteiger partial charge < -0.3 is 0 Å². The van der Waals surface area contributed by atoms with Crippen molar-refractivity contribution in [2.45, 2.75) is 321 Å². The summed E-state index contributed by atoms with van der Waals surface area (Å²) in [4.78, 5) is 0. The van der Waals surface area contributed by atoms with E-state index >= 15 is 0 Å². The number of rotatable bonds is 12. The van der Waals surface area contributed by atoms with Crippen molar-refractivity contribution in [1.82, 2.24) is 0 Å². The van der Waals surface area contributed by atoms with Crippen LogP contribution < -0.4 is 0 Å². The molecule has 0 nitrogen and oxygen atoms in total. The summed E-state index contributed by atoms with van der Waals surface area (Å²) < 4.78 is 0. The summed E-state index contributed by atoms with van der Waals surface area (Å²) in [6.07, 6.45) is 105. The molecule has 0 aromatic rings. The molecule has 0 spiro atoms. The van der Waals surface area contributed by atoms with E-state index in [1.807, 2.05) is 55.7 Å². The van der Waals surface area contributed by atoms with Crippen LogP contribution in [0, 0.1) is 43.3 Å². The lowest BCUT2D eigenvalue weighted by atomic mass is 9.19. The first-order valence-corrected chi connectivity index (χ1v) is 37.8. The molecule has 0 saturated heterocycles. The van der Waals surface area contributed by atoms with Gasteiger partial charge in [0.2, 0.25) is 0 Å². The van der Waals surface area contributed by atoms with E-state index in [4.69, 9.17) is 0 Å². The molecule has 0 N–H and O–H groups in total. The Hall–Kier alpha value is -3.38. The Kier molecular flexibility index (Phi) is 14.8. The lowest BCUT2D eigenvalue weighted by Crippen LogP contribution is -2.78. The van der Waals surface area contributed by atoms with Crippen molar-refractivity contribution >= 4 is 0 Å². The Labute approximate surface area is 512 Å². The lowest BCUT2D eigenvalue weighted by Gasteiger charge is -2.82. The zero-order chi connectivity index (χ0) is 55.9. The van der Waals surface area contributed by atoms with E-state index in [9.17, 15) is 0 Å². The molecule has 6 unspecified atom stereocenters. The second-order valence-corrected chi connectivity index (χ2v) is 31.4. The highest BCUT2D eigenvalue weighted by Crippen LogP contribution is 3.09. The van der Waals surface area contributed by atoms with Gasteiger partial charge in [0.1, 0.15) is 0 Å². The summed E-state index contributed by atoms with van der Waals surface area (Å²) in [6.45, 7) is 0. The molecule has 0 heterocycles. The normalized spacial score (nSPS) is 38.6. The van der Waals surface area contributed by atoms with Gasteiger partial charge in [-0.3, -0.25) is 0 Å². The van der Waals surface area contributed by atoms with E-state index in [-0.39, 0.29) is 43.3 Å². The zero-order valence-electron chi connectivity index (χ0n) is 53.3. The van der Waals surface area contributed by atoms with Gasteiger partial charge in [0, 0.05) is 43.3 Å². The maximum absolute atomic E-state index is 3.22. The predicted octanol–water partition coefficient (Wildman–Crippen LogP) is 25.0. The fraction of sp³-hybridized carbons (Fsp3) is 0.690. The highest BCUT2D eigenvalue weighted by molar-refractivity contribution is 5.81. The summed E-state index contributed by atoms with van der Waals surface area (Å²) in [7, 11) is 0. The third-order valence-electron chi connectivity index (χ3n) is 28.3. The maximum atomic E-state index is 3.22. The Morgan fingerprint density at radius 3 is 0.655 bits per heavy atom. The van der Waals surface area contributed by atoms with Gasteiger partial charge in [-0.05, 0) is 343 Å². The number of fused-ring (bicyclic) bond motifs is 9. The Bertz CT molecular complexity index is 2810. The Balaban J connectivity index is 1.28. The van der Waals surface area contributed by atoms with Crippen LogP contribution in [0.5, 0.6) is 0 Å². The fourth-order valence-electron chi connectivity index (χ4n) is 27.0. The predicted molar refractivity (Wildman–Crippen MR) is 354 cm³/mol. The van der Waals surface area contributed by atoms with Crippen molar-refractivity contribution in [3.8, 4) is 0 Å². The van der Waals surface area contributed by atoms with Crippen molar-refractivity contribution in [2.24, 2.45) is 43.3 Å². The first kappa shape index (κ1) is 55.9. The van der Waals surface area contributed by atoms with Gasteiger partial charge in [-0.2, -0.15) is 0 Å². The second-order valence-electron chi connectivity index (χ2n) is 31.4. The fourth-order valence-corrected chi connectivity index (χ4v) is 27.0. The van der Waals surface area contributed by atoms with Crippen molar-refractivity contribution in [2.75, 3.05) is 0 Å². The Morgan fingerprint density at radius 1 is 0.190 bits per heavy atom. The van der Waals surface area contributed by atoms with Crippen molar-refractivity contribution in [1.29, 1.82) is 0 Å². The SMILES string of the molecule is C1=C(C2=C(C3=CCCCC3)C3(C4=CCCCC4)CC2(C2=CCCCC2)C2(C4=CCCCC4)C4(C5=CCCCC5)CC(C5=CCCCC5)(C(C5=CCCCC5)(C5=CCCCC5)C4(C4=CCCCC4)C4=CCCCC4)C32C2=CCCCC2)CCCC1. The van der Waals surface area contributed by atoms with E-state index in [1.54, 1.807) is 0 Å². The molecule has 16 aliphatic carbocycles. The van der Waals surface area contributed by atoms with Crippen LogP contribution in [0.4, 0.5) is 0 Å². The van der Waals surface area contributed by atoms with E-state index in [2.05, 4.69) is 95.2 Å².